The molecule has 0 bridgehead atoms. The van der Waals surface area contributed by atoms with Gasteiger partial charge in [0.25, 0.3) is 0 Å². The Labute approximate surface area is 108 Å². The second-order valence-electron chi connectivity index (χ2n) is 4.60. The van der Waals surface area contributed by atoms with Gasteiger partial charge in [-0.25, -0.2) is 0 Å². The smallest absolute Gasteiger partial charge is 0.225 e. The standard InChI is InChI=1S/C14H21N3O/c1-2-17(13-10-15-11-13)9-8-14(18)16-12-6-4-3-5-7-12/h3-7,13,15H,2,8-11H2,1H3,(H,16,18). The third-order valence-electron chi connectivity index (χ3n) is 3.37. The SMILES string of the molecule is CCN(CCC(=O)Nc1ccccc1)C1CNC1. The van der Waals surface area contributed by atoms with E-state index in [0.29, 0.717) is 12.5 Å². The summed E-state index contributed by atoms with van der Waals surface area (Å²) in [5.41, 5.74) is 0.871. The normalized spacial score (nSPS) is 15.4. The van der Waals surface area contributed by atoms with E-state index in [0.717, 1.165) is 31.9 Å². The van der Waals surface area contributed by atoms with E-state index < -0.39 is 0 Å². The summed E-state index contributed by atoms with van der Waals surface area (Å²) < 4.78 is 0. The van der Waals surface area contributed by atoms with Gasteiger partial charge in [-0.05, 0) is 18.7 Å². The molecule has 0 spiro atoms. The Morgan fingerprint density at radius 3 is 2.67 bits per heavy atom. The minimum absolute atomic E-state index is 0.0898. The summed E-state index contributed by atoms with van der Waals surface area (Å²) in [4.78, 5) is 14.2. The first-order valence-electron chi connectivity index (χ1n) is 6.59. The van der Waals surface area contributed by atoms with Gasteiger partial charge in [-0.2, -0.15) is 0 Å². The zero-order chi connectivity index (χ0) is 12.8. The molecule has 98 valence electrons. The van der Waals surface area contributed by atoms with Gasteiger partial charge in [0.1, 0.15) is 0 Å². The van der Waals surface area contributed by atoms with Crippen LogP contribution in [0.1, 0.15) is 13.3 Å². The maximum atomic E-state index is 11.8. The van der Waals surface area contributed by atoms with Crippen LogP contribution in [0.3, 0.4) is 0 Å². The van der Waals surface area contributed by atoms with E-state index >= 15 is 0 Å². The van der Waals surface area contributed by atoms with Gasteiger partial charge in [-0.1, -0.05) is 25.1 Å². The molecule has 18 heavy (non-hydrogen) atoms. The minimum atomic E-state index is 0.0898. The topological polar surface area (TPSA) is 44.4 Å². The van der Waals surface area contributed by atoms with Crippen LogP contribution in [0.15, 0.2) is 30.3 Å². The lowest BCUT2D eigenvalue weighted by molar-refractivity contribution is -0.116. The molecule has 1 saturated heterocycles. The molecule has 0 aliphatic carbocycles. The van der Waals surface area contributed by atoms with Crippen molar-refractivity contribution in [2.24, 2.45) is 0 Å². The number of amides is 1. The molecule has 0 aromatic heterocycles. The second kappa shape index (κ2) is 6.52. The first kappa shape index (κ1) is 13.1. The fourth-order valence-corrected chi connectivity index (χ4v) is 2.12. The monoisotopic (exact) mass is 247 g/mol. The van der Waals surface area contributed by atoms with Crippen LogP contribution in [-0.4, -0.2) is 43.0 Å². The third-order valence-corrected chi connectivity index (χ3v) is 3.37. The zero-order valence-corrected chi connectivity index (χ0v) is 10.9. The minimum Gasteiger partial charge on any atom is -0.326 e. The molecule has 4 heteroatoms. The predicted octanol–water partition coefficient (Wildman–Crippen LogP) is 1.31. The summed E-state index contributed by atoms with van der Waals surface area (Å²) in [5.74, 6) is 0.0898. The highest BCUT2D eigenvalue weighted by Crippen LogP contribution is 2.08. The van der Waals surface area contributed by atoms with Crippen LogP contribution in [0, 0.1) is 0 Å². The van der Waals surface area contributed by atoms with Crippen LogP contribution in [0.25, 0.3) is 0 Å². The van der Waals surface area contributed by atoms with Crippen molar-refractivity contribution < 1.29 is 4.79 Å². The van der Waals surface area contributed by atoms with Crippen LogP contribution in [0.4, 0.5) is 5.69 Å². The molecule has 0 radical (unpaired) electrons. The Morgan fingerprint density at radius 1 is 1.39 bits per heavy atom. The quantitative estimate of drug-likeness (QED) is 0.796. The van der Waals surface area contributed by atoms with Crippen molar-refractivity contribution >= 4 is 11.6 Å². The number of anilines is 1. The lowest BCUT2D eigenvalue weighted by atomic mass is 10.1. The van der Waals surface area contributed by atoms with Gasteiger partial charge in [-0.15, -0.1) is 0 Å². The number of benzene rings is 1. The van der Waals surface area contributed by atoms with E-state index in [4.69, 9.17) is 0 Å². The summed E-state index contributed by atoms with van der Waals surface area (Å²) in [7, 11) is 0. The van der Waals surface area contributed by atoms with Gasteiger partial charge < -0.3 is 10.6 Å². The van der Waals surface area contributed by atoms with E-state index in [1.807, 2.05) is 30.3 Å². The fourth-order valence-electron chi connectivity index (χ4n) is 2.12. The van der Waals surface area contributed by atoms with E-state index in [9.17, 15) is 4.79 Å². The number of carbonyl (C=O) groups is 1. The number of hydrogen-bond donors (Lipinski definition) is 2. The summed E-state index contributed by atoms with van der Waals surface area (Å²) in [5, 5.41) is 6.18. The Balaban J connectivity index is 1.73. The Kier molecular flexibility index (Phi) is 4.73. The van der Waals surface area contributed by atoms with Crippen LogP contribution in [0.5, 0.6) is 0 Å². The number of nitrogens with zero attached hydrogens (tertiary/aromatic N) is 1. The second-order valence-corrected chi connectivity index (χ2v) is 4.60. The average Bonchev–Trinajstić information content (AvgIpc) is 2.33. The highest BCUT2D eigenvalue weighted by molar-refractivity contribution is 5.90. The molecule has 0 saturated carbocycles. The van der Waals surface area contributed by atoms with Gasteiger partial charge in [0.15, 0.2) is 0 Å². The van der Waals surface area contributed by atoms with Gasteiger partial charge in [-0.3, -0.25) is 9.69 Å². The van der Waals surface area contributed by atoms with Crippen molar-refractivity contribution in [3.8, 4) is 0 Å². The number of hydrogen-bond acceptors (Lipinski definition) is 3. The van der Waals surface area contributed by atoms with Crippen molar-refractivity contribution in [2.45, 2.75) is 19.4 Å². The first-order valence-corrected chi connectivity index (χ1v) is 6.59. The van der Waals surface area contributed by atoms with E-state index in [2.05, 4.69) is 22.5 Å². The molecule has 1 aliphatic rings. The molecule has 1 aromatic carbocycles. The van der Waals surface area contributed by atoms with Crippen molar-refractivity contribution in [1.82, 2.24) is 10.2 Å². The summed E-state index contributed by atoms with van der Waals surface area (Å²) in [6.45, 7) is 6.09. The molecule has 1 fully saturated rings. The van der Waals surface area contributed by atoms with Crippen molar-refractivity contribution in [2.75, 3.05) is 31.5 Å². The third kappa shape index (κ3) is 3.55. The molecule has 1 aromatic rings. The highest BCUT2D eigenvalue weighted by atomic mass is 16.1. The van der Waals surface area contributed by atoms with Gasteiger partial charge >= 0.3 is 0 Å². The van der Waals surface area contributed by atoms with Crippen LogP contribution in [0.2, 0.25) is 0 Å². The molecule has 0 unspecified atom stereocenters. The summed E-state index contributed by atoms with van der Waals surface area (Å²) in [6.07, 6.45) is 0.555. The molecule has 4 nitrogen and oxygen atoms in total. The first-order chi connectivity index (χ1) is 8.79. The van der Waals surface area contributed by atoms with Crippen molar-refractivity contribution in [3.05, 3.63) is 30.3 Å². The van der Waals surface area contributed by atoms with Crippen LogP contribution < -0.4 is 10.6 Å². The predicted molar refractivity (Wildman–Crippen MR) is 73.6 cm³/mol. The van der Waals surface area contributed by atoms with Gasteiger partial charge in [0.2, 0.25) is 5.91 Å². The van der Waals surface area contributed by atoms with Crippen LogP contribution >= 0.6 is 0 Å². The number of carbonyl (C=O) groups excluding carboxylic acids is 1. The molecule has 1 heterocycles. The van der Waals surface area contributed by atoms with E-state index in [1.165, 1.54) is 0 Å². The molecule has 2 N–H and O–H groups in total. The maximum Gasteiger partial charge on any atom is 0.225 e. The van der Waals surface area contributed by atoms with Gasteiger partial charge in [0, 0.05) is 37.8 Å². The summed E-state index contributed by atoms with van der Waals surface area (Å²) >= 11 is 0. The molecule has 0 atom stereocenters. The number of rotatable bonds is 6. The van der Waals surface area contributed by atoms with Crippen LogP contribution in [-0.2, 0) is 4.79 Å². The number of para-hydroxylation sites is 1. The lowest BCUT2D eigenvalue weighted by Gasteiger charge is -2.37. The summed E-state index contributed by atoms with van der Waals surface area (Å²) in [6, 6.07) is 10.2. The molecular formula is C14H21N3O. The molecule has 2 rings (SSSR count). The average molecular weight is 247 g/mol. The number of likely N-dealkylation sites (N-methyl/N-ethyl adjacent to an activating group) is 1. The highest BCUT2D eigenvalue weighted by Gasteiger charge is 2.23. The Morgan fingerprint density at radius 2 is 2.11 bits per heavy atom. The van der Waals surface area contributed by atoms with Crippen molar-refractivity contribution in [3.63, 3.8) is 0 Å². The van der Waals surface area contributed by atoms with Gasteiger partial charge in [0.05, 0.1) is 0 Å². The van der Waals surface area contributed by atoms with E-state index in [-0.39, 0.29) is 5.91 Å². The number of nitrogens with one attached hydrogen (secondary N) is 2. The maximum absolute atomic E-state index is 11.8. The molecule has 1 amide bonds. The molecular weight excluding hydrogens is 226 g/mol. The van der Waals surface area contributed by atoms with E-state index in [1.54, 1.807) is 0 Å². The fraction of sp³-hybridized carbons (Fsp3) is 0.500. The molecule has 1 aliphatic heterocycles. The lowest BCUT2D eigenvalue weighted by Crippen LogP contribution is -2.57. The Bertz CT molecular complexity index is 376. The Hall–Kier alpha value is -1.39. The zero-order valence-electron chi connectivity index (χ0n) is 10.9. The largest absolute Gasteiger partial charge is 0.326 e. The van der Waals surface area contributed by atoms with Crippen molar-refractivity contribution in [1.29, 1.82) is 0 Å².